The zero-order valence-corrected chi connectivity index (χ0v) is 8.45. The molecule has 0 amide bonds. The topological polar surface area (TPSA) is 30.0 Å². The molecule has 0 aliphatic carbocycles. The molecule has 0 spiro atoms. The van der Waals surface area contributed by atoms with Crippen molar-refractivity contribution in [1.82, 2.24) is 4.98 Å². The number of fused-ring (bicyclic) bond motifs is 1. The Hall–Kier alpha value is -0.930. The number of hydrogen-bond donors (Lipinski definition) is 0. The zero-order valence-electron chi connectivity index (χ0n) is 6.87. The average molecular weight is 212 g/mol. The number of hydrogen-bond acceptors (Lipinski definition) is 3. The summed E-state index contributed by atoms with van der Waals surface area (Å²) in [4.78, 5) is 15.4. The number of thiophene rings is 1. The lowest BCUT2D eigenvalue weighted by molar-refractivity contribution is 0.112. The smallest absolute Gasteiger partial charge is 0.160 e. The SMILES string of the molecule is Cc1c(C=O)sc2ccnc(Cl)c12. The van der Waals surface area contributed by atoms with E-state index in [1.807, 2.05) is 13.0 Å². The maximum Gasteiger partial charge on any atom is 0.160 e. The number of pyridine rings is 1. The molecule has 0 bridgehead atoms. The molecule has 0 atom stereocenters. The second kappa shape index (κ2) is 3.09. The number of rotatable bonds is 1. The van der Waals surface area contributed by atoms with Crippen molar-refractivity contribution < 1.29 is 4.79 Å². The van der Waals surface area contributed by atoms with Gasteiger partial charge in [-0.2, -0.15) is 0 Å². The Kier molecular flexibility index (Phi) is 2.06. The highest BCUT2D eigenvalue weighted by atomic mass is 35.5. The third-order valence-corrected chi connectivity index (χ3v) is 3.41. The molecule has 13 heavy (non-hydrogen) atoms. The van der Waals surface area contributed by atoms with Crippen molar-refractivity contribution in [2.24, 2.45) is 0 Å². The number of aldehydes is 1. The molecule has 0 saturated heterocycles. The molecular weight excluding hydrogens is 206 g/mol. The Morgan fingerprint density at radius 1 is 1.62 bits per heavy atom. The van der Waals surface area contributed by atoms with Crippen LogP contribution in [0.15, 0.2) is 12.3 Å². The predicted octanol–water partition coefficient (Wildman–Crippen LogP) is 3.07. The maximum absolute atomic E-state index is 10.7. The summed E-state index contributed by atoms with van der Waals surface area (Å²) in [6.07, 6.45) is 2.51. The summed E-state index contributed by atoms with van der Waals surface area (Å²) < 4.78 is 1.01. The second-order valence-electron chi connectivity index (χ2n) is 2.68. The van der Waals surface area contributed by atoms with E-state index in [9.17, 15) is 4.79 Å². The Morgan fingerprint density at radius 3 is 3.00 bits per heavy atom. The van der Waals surface area contributed by atoms with Gasteiger partial charge in [0.1, 0.15) is 5.15 Å². The van der Waals surface area contributed by atoms with Crippen LogP contribution in [0.2, 0.25) is 5.15 Å². The minimum Gasteiger partial charge on any atom is -0.297 e. The summed E-state index contributed by atoms with van der Waals surface area (Å²) in [5, 5.41) is 1.37. The maximum atomic E-state index is 10.7. The van der Waals surface area contributed by atoms with Crippen molar-refractivity contribution in [2.75, 3.05) is 0 Å². The molecule has 2 aromatic heterocycles. The van der Waals surface area contributed by atoms with Crippen LogP contribution in [0.5, 0.6) is 0 Å². The first-order valence-corrected chi connectivity index (χ1v) is 4.92. The van der Waals surface area contributed by atoms with Crippen molar-refractivity contribution in [3.05, 3.63) is 27.9 Å². The van der Waals surface area contributed by atoms with Crippen molar-refractivity contribution in [1.29, 1.82) is 0 Å². The van der Waals surface area contributed by atoms with Crippen molar-refractivity contribution >= 4 is 39.3 Å². The highest BCUT2D eigenvalue weighted by Crippen LogP contribution is 2.33. The van der Waals surface area contributed by atoms with Gasteiger partial charge in [0.2, 0.25) is 0 Å². The van der Waals surface area contributed by atoms with Crippen LogP contribution in [-0.4, -0.2) is 11.3 Å². The van der Waals surface area contributed by atoms with Crippen molar-refractivity contribution in [2.45, 2.75) is 6.92 Å². The van der Waals surface area contributed by atoms with Crippen LogP contribution < -0.4 is 0 Å². The highest BCUT2D eigenvalue weighted by molar-refractivity contribution is 7.20. The van der Waals surface area contributed by atoms with Gasteiger partial charge in [0, 0.05) is 16.3 Å². The Balaban J connectivity index is 2.92. The van der Waals surface area contributed by atoms with Crippen LogP contribution in [0.25, 0.3) is 10.1 Å². The Morgan fingerprint density at radius 2 is 2.38 bits per heavy atom. The van der Waals surface area contributed by atoms with Crippen molar-refractivity contribution in [3.8, 4) is 0 Å². The number of aryl methyl sites for hydroxylation is 1. The quantitative estimate of drug-likeness (QED) is 0.536. The summed E-state index contributed by atoms with van der Waals surface area (Å²) in [5.74, 6) is 0. The fraction of sp³-hybridized carbons (Fsp3) is 0.111. The van der Waals surface area contributed by atoms with E-state index in [-0.39, 0.29) is 0 Å². The van der Waals surface area contributed by atoms with E-state index in [4.69, 9.17) is 11.6 Å². The fourth-order valence-electron chi connectivity index (χ4n) is 1.28. The lowest BCUT2D eigenvalue weighted by Gasteiger charge is -1.92. The molecule has 0 aromatic carbocycles. The van der Waals surface area contributed by atoms with Gasteiger partial charge >= 0.3 is 0 Å². The number of carbonyl (C=O) groups is 1. The van der Waals surface area contributed by atoms with Gasteiger partial charge < -0.3 is 0 Å². The third-order valence-electron chi connectivity index (χ3n) is 1.94. The minimum absolute atomic E-state index is 0.472. The van der Waals surface area contributed by atoms with Crippen LogP contribution in [-0.2, 0) is 0 Å². The number of aromatic nitrogens is 1. The molecule has 0 fully saturated rings. The second-order valence-corrected chi connectivity index (χ2v) is 4.13. The molecule has 4 heteroatoms. The molecule has 2 nitrogen and oxygen atoms in total. The van der Waals surface area contributed by atoms with Crippen molar-refractivity contribution in [3.63, 3.8) is 0 Å². The molecule has 2 rings (SSSR count). The largest absolute Gasteiger partial charge is 0.297 e. The molecule has 2 heterocycles. The van der Waals surface area contributed by atoms with Gasteiger partial charge in [0.15, 0.2) is 6.29 Å². The first-order chi connectivity index (χ1) is 6.24. The molecule has 66 valence electrons. The molecular formula is C9H6ClNOS. The van der Waals surface area contributed by atoms with Gasteiger partial charge in [-0.1, -0.05) is 11.6 Å². The zero-order chi connectivity index (χ0) is 9.42. The lowest BCUT2D eigenvalue weighted by atomic mass is 10.2. The van der Waals surface area contributed by atoms with E-state index in [0.717, 1.165) is 26.8 Å². The number of nitrogens with zero attached hydrogens (tertiary/aromatic N) is 1. The van der Waals surface area contributed by atoms with Crippen LogP contribution >= 0.6 is 22.9 Å². The monoisotopic (exact) mass is 211 g/mol. The third kappa shape index (κ3) is 1.24. The van der Waals surface area contributed by atoms with Gasteiger partial charge in [0.25, 0.3) is 0 Å². The molecule has 0 aliphatic rings. The Labute approximate surface area is 84.2 Å². The standard InChI is InChI=1S/C9H6ClNOS/c1-5-7(4-12)13-6-2-3-11-9(10)8(5)6/h2-4H,1H3. The van der Waals surface area contributed by atoms with Gasteiger partial charge in [-0.25, -0.2) is 4.98 Å². The van der Waals surface area contributed by atoms with Gasteiger partial charge in [-0.3, -0.25) is 4.79 Å². The first kappa shape index (κ1) is 8.66. The van der Waals surface area contributed by atoms with E-state index < -0.39 is 0 Å². The van der Waals surface area contributed by atoms with E-state index in [2.05, 4.69) is 4.98 Å². The average Bonchev–Trinajstić information content (AvgIpc) is 2.44. The lowest BCUT2D eigenvalue weighted by Crippen LogP contribution is -1.78. The molecule has 0 unspecified atom stereocenters. The first-order valence-electron chi connectivity index (χ1n) is 3.73. The highest BCUT2D eigenvalue weighted by Gasteiger charge is 2.10. The van der Waals surface area contributed by atoms with Crippen LogP contribution in [0, 0.1) is 6.92 Å². The minimum atomic E-state index is 0.472. The normalized spacial score (nSPS) is 10.6. The Bertz CT molecular complexity index is 478. The van der Waals surface area contributed by atoms with Crippen LogP contribution in [0.3, 0.4) is 0 Å². The van der Waals surface area contributed by atoms with E-state index >= 15 is 0 Å². The van der Waals surface area contributed by atoms with Gasteiger partial charge in [-0.05, 0) is 18.6 Å². The molecule has 0 saturated carbocycles. The van der Waals surface area contributed by atoms with Gasteiger partial charge in [-0.15, -0.1) is 11.3 Å². The molecule has 2 aromatic rings. The summed E-state index contributed by atoms with van der Waals surface area (Å²) in [7, 11) is 0. The molecule has 0 radical (unpaired) electrons. The van der Waals surface area contributed by atoms with E-state index in [0.29, 0.717) is 5.15 Å². The number of halogens is 1. The van der Waals surface area contributed by atoms with E-state index in [1.54, 1.807) is 6.20 Å². The van der Waals surface area contributed by atoms with Gasteiger partial charge in [0.05, 0.1) is 4.88 Å². The summed E-state index contributed by atoms with van der Waals surface area (Å²) >= 11 is 7.36. The molecule has 0 N–H and O–H groups in total. The van der Waals surface area contributed by atoms with Crippen LogP contribution in [0.4, 0.5) is 0 Å². The van der Waals surface area contributed by atoms with E-state index in [1.165, 1.54) is 11.3 Å². The molecule has 0 aliphatic heterocycles. The van der Waals surface area contributed by atoms with Crippen LogP contribution in [0.1, 0.15) is 15.2 Å². The predicted molar refractivity (Wildman–Crippen MR) is 54.8 cm³/mol. The summed E-state index contributed by atoms with van der Waals surface area (Å²) in [6, 6.07) is 1.87. The number of carbonyl (C=O) groups excluding carboxylic acids is 1. The summed E-state index contributed by atoms with van der Waals surface area (Å²) in [5.41, 5.74) is 0.924. The summed E-state index contributed by atoms with van der Waals surface area (Å²) in [6.45, 7) is 1.89. The fourth-order valence-corrected chi connectivity index (χ4v) is 2.65.